The lowest BCUT2D eigenvalue weighted by Crippen LogP contribution is -2.41. The Bertz CT molecular complexity index is 1580. The fourth-order valence-corrected chi connectivity index (χ4v) is 7.17. The van der Waals surface area contributed by atoms with Gasteiger partial charge in [0.2, 0.25) is 11.8 Å². The highest BCUT2D eigenvalue weighted by molar-refractivity contribution is 7.92. The van der Waals surface area contributed by atoms with E-state index < -0.39 is 45.0 Å². The second kappa shape index (κ2) is 10.2. The van der Waals surface area contributed by atoms with Crippen molar-refractivity contribution in [2.45, 2.75) is 37.1 Å². The van der Waals surface area contributed by atoms with Crippen molar-refractivity contribution in [3.8, 4) is 11.1 Å². The van der Waals surface area contributed by atoms with Crippen LogP contribution in [0.15, 0.2) is 30.3 Å². The highest BCUT2D eigenvalue weighted by Crippen LogP contribution is 2.36. The number of sulfone groups is 1. The van der Waals surface area contributed by atoms with Crippen molar-refractivity contribution in [1.29, 1.82) is 0 Å². The third-order valence-electron chi connectivity index (χ3n) is 6.31. The molecule has 198 valence electrons. The van der Waals surface area contributed by atoms with Crippen LogP contribution in [0.1, 0.15) is 45.4 Å². The van der Waals surface area contributed by atoms with Crippen molar-refractivity contribution >= 4 is 55.4 Å². The second-order valence-electron chi connectivity index (χ2n) is 9.17. The van der Waals surface area contributed by atoms with Gasteiger partial charge in [-0.2, -0.15) is 0 Å². The molecule has 1 aliphatic carbocycles. The molecule has 1 atom stereocenters. The van der Waals surface area contributed by atoms with Gasteiger partial charge in [-0.15, -0.1) is 11.3 Å². The summed E-state index contributed by atoms with van der Waals surface area (Å²) in [6, 6.07) is 7.72. The summed E-state index contributed by atoms with van der Waals surface area (Å²) < 4.78 is 41.6. The first-order valence-electron chi connectivity index (χ1n) is 11.9. The Hall–Kier alpha value is -3.71. The van der Waals surface area contributed by atoms with Gasteiger partial charge in [0.05, 0.1) is 22.5 Å². The highest BCUT2D eigenvalue weighted by atomic mass is 32.2. The Morgan fingerprint density at radius 1 is 1.21 bits per heavy atom. The summed E-state index contributed by atoms with van der Waals surface area (Å²) in [7, 11) is -4.19. The Morgan fingerprint density at radius 2 is 2.00 bits per heavy atom. The summed E-state index contributed by atoms with van der Waals surface area (Å²) in [6.07, 6.45) is 1.83. The normalized spacial score (nSPS) is 15.6. The summed E-state index contributed by atoms with van der Waals surface area (Å²) in [5.41, 5.74) is 2.13. The molecule has 13 heteroatoms. The summed E-state index contributed by atoms with van der Waals surface area (Å²) in [5, 5.41) is 5.89. The third-order valence-corrected chi connectivity index (χ3v) is 9.50. The number of nitrogens with one attached hydrogen (secondary N) is 3. The number of nitrogens with zero attached hydrogens (tertiary/aromatic N) is 1. The lowest BCUT2D eigenvalue weighted by atomic mass is 10.00. The maximum Gasteiger partial charge on any atom is 0.251 e. The zero-order valence-corrected chi connectivity index (χ0v) is 21.6. The first-order chi connectivity index (χ1) is 18.2. The van der Waals surface area contributed by atoms with E-state index in [9.17, 15) is 27.6 Å². The molecule has 3 N–H and O–H groups in total. The van der Waals surface area contributed by atoms with Crippen molar-refractivity contribution < 1.29 is 32.0 Å². The van der Waals surface area contributed by atoms with Crippen molar-refractivity contribution in [2.24, 2.45) is 0 Å². The molecule has 1 unspecified atom stereocenters. The van der Waals surface area contributed by atoms with Crippen LogP contribution in [-0.2, 0) is 30.8 Å². The van der Waals surface area contributed by atoms with Gasteiger partial charge in [-0.3, -0.25) is 14.4 Å². The van der Waals surface area contributed by atoms with Crippen molar-refractivity contribution in [2.75, 3.05) is 12.3 Å². The van der Waals surface area contributed by atoms with Crippen LogP contribution in [0.3, 0.4) is 0 Å². The number of benzene rings is 2. The fraction of sp³-hybridized carbons (Fsp3) is 0.320. The van der Waals surface area contributed by atoms with E-state index in [1.54, 1.807) is 18.2 Å². The first kappa shape index (κ1) is 25.9. The Kier molecular flexibility index (Phi) is 6.97. The molecule has 10 nitrogen and oxygen atoms in total. The van der Waals surface area contributed by atoms with Crippen LogP contribution in [0.2, 0.25) is 0 Å². The number of amides is 3. The topological polar surface area (TPSA) is 151 Å². The average Bonchev–Trinajstić information content (AvgIpc) is 3.49. The predicted octanol–water partition coefficient (Wildman–Crippen LogP) is 1.79. The second-order valence-corrected chi connectivity index (χ2v) is 12.4. The highest BCUT2D eigenvalue weighted by Gasteiger charge is 2.37. The van der Waals surface area contributed by atoms with Crippen LogP contribution < -0.4 is 16.0 Å². The van der Waals surface area contributed by atoms with Gasteiger partial charge in [0.25, 0.3) is 5.91 Å². The SMILES string of the molecule is O=CCCS(=O)(=O)C(C(=O)NCC(=O)NC1CC1)c1nc2cc(-c3ccc4c(c3)C(=O)NC4)c(F)cc2s1. The number of hydrogen-bond acceptors (Lipinski definition) is 8. The quantitative estimate of drug-likeness (QED) is 0.321. The predicted molar refractivity (Wildman–Crippen MR) is 138 cm³/mol. The molecule has 38 heavy (non-hydrogen) atoms. The maximum absolute atomic E-state index is 15.1. The van der Waals surface area contributed by atoms with Crippen LogP contribution in [0.25, 0.3) is 21.3 Å². The molecule has 2 aromatic carbocycles. The minimum atomic E-state index is -4.19. The molecule has 0 spiro atoms. The average molecular weight is 559 g/mol. The van der Waals surface area contributed by atoms with Gasteiger partial charge in [0.1, 0.15) is 17.1 Å². The monoisotopic (exact) mass is 558 g/mol. The van der Waals surface area contributed by atoms with Crippen LogP contribution in [0.4, 0.5) is 4.39 Å². The van der Waals surface area contributed by atoms with E-state index in [-0.39, 0.29) is 34.5 Å². The third kappa shape index (κ3) is 5.29. The zero-order valence-electron chi connectivity index (χ0n) is 20.0. The molecule has 3 amide bonds. The van der Waals surface area contributed by atoms with Crippen LogP contribution in [0.5, 0.6) is 0 Å². The largest absolute Gasteiger partial charge is 0.352 e. The Balaban J connectivity index is 1.48. The lowest BCUT2D eigenvalue weighted by Gasteiger charge is -2.15. The standard InChI is InChI=1S/C25H23FN4O6S2/c26-18-10-20-19(9-16(18)13-2-3-14-11-27-23(33)17(14)8-13)30-25(37-20)22(38(35,36)7-1-6-31)24(34)28-12-21(32)29-15-4-5-15/h2-3,6,8-10,15,22H,1,4-5,7,11-12H2,(H,27,33)(H,28,34)(H,29,32). The van der Waals surface area contributed by atoms with Crippen LogP contribution in [0, 0.1) is 5.82 Å². The molecule has 2 heterocycles. The number of rotatable bonds is 10. The van der Waals surface area contributed by atoms with Gasteiger partial charge in [-0.05, 0) is 42.2 Å². The molecule has 0 bridgehead atoms. The van der Waals surface area contributed by atoms with Crippen molar-refractivity contribution in [3.05, 3.63) is 52.3 Å². The number of thiazole rings is 1. The van der Waals surface area contributed by atoms with Crippen LogP contribution >= 0.6 is 11.3 Å². The molecular formula is C25H23FN4O6S2. The molecule has 1 saturated carbocycles. The number of fused-ring (bicyclic) bond motifs is 2. The van der Waals surface area contributed by atoms with Gasteiger partial charge >= 0.3 is 0 Å². The fourth-order valence-electron chi connectivity index (χ4n) is 4.21. The summed E-state index contributed by atoms with van der Waals surface area (Å²) in [5.74, 6) is -2.84. The van der Waals surface area contributed by atoms with E-state index in [2.05, 4.69) is 20.9 Å². The first-order valence-corrected chi connectivity index (χ1v) is 14.4. The van der Waals surface area contributed by atoms with Gasteiger partial charge in [-0.25, -0.2) is 17.8 Å². The van der Waals surface area contributed by atoms with E-state index in [1.807, 2.05) is 0 Å². The Labute approximate surface area is 220 Å². The smallest absolute Gasteiger partial charge is 0.251 e. The van der Waals surface area contributed by atoms with E-state index in [0.717, 1.165) is 29.7 Å². The zero-order chi connectivity index (χ0) is 27.0. The van der Waals surface area contributed by atoms with Crippen molar-refractivity contribution in [1.82, 2.24) is 20.9 Å². The molecule has 0 saturated heterocycles. The number of carbonyl (C=O) groups excluding carboxylic acids is 4. The molecule has 5 rings (SSSR count). The number of halogens is 1. The summed E-state index contributed by atoms with van der Waals surface area (Å²) in [6.45, 7) is -0.0136. The van der Waals surface area contributed by atoms with Gasteiger partial charge in [0, 0.05) is 30.1 Å². The maximum atomic E-state index is 15.1. The molecule has 1 aromatic heterocycles. The number of aldehydes is 1. The molecule has 2 aliphatic rings. The molecule has 0 radical (unpaired) electrons. The van der Waals surface area contributed by atoms with Crippen LogP contribution in [-0.4, -0.2) is 55.7 Å². The summed E-state index contributed by atoms with van der Waals surface area (Å²) >= 11 is 0.843. The minimum absolute atomic E-state index is 0.0694. The van der Waals surface area contributed by atoms with Gasteiger partial charge in [-0.1, -0.05) is 12.1 Å². The van der Waals surface area contributed by atoms with E-state index >= 15 is 4.39 Å². The molecule has 3 aromatic rings. The van der Waals surface area contributed by atoms with E-state index in [4.69, 9.17) is 0 Å². The molecule has 1 aliphatic heterocycles. The van der Waals surface area contributed by atoms with E-state index in [0.29, 0.717) is 28.7 Å². The number of hydrogen-bond donors (Lipinski definition) is 3. The Morgan fingerprint density at radius 3 is 2.74 bits per heavy atom. The number of carbonyl (C=O) groups is 4. The molecular weight excluding hydrogens is 535 g/mol. The van der Waals surface area contributed by atoms with E-state index in [1.165, 1.54) is 12.1 Å². The van der Waals surface area contributed by atoms with Crippen molar-refractivity contribution in [3.63, 3.8) is 0 Å². The van der Waals surface area contributed by atoms with Gasteiger partial charge < -0.3 is 20.7 Å². The summed E-state index contributed by atoms with van der Waals surface area (Å²) in [4.78, 5) is 52.3. The lowest BCUT2D eigenvalue weighted by molar-refractivity contribution is -0.126. The minimum Gasteiger partial charge on any atom is -0.352 e. The number of aromatic nitrogens is 1. The molecule has 1 fully saturated rings. The van der Waals surface area contributed by atoms with Gasteiger partial charge in [0.15, 0.2) is 15.1 Å².